The summed E-state index contributed by atoms with van der Waals surface area (Å²) in [7, 11) is -3.26. The van der Waals surface area contributed by atoms with Crippen molar-refractivity contribution in [2.75, 3.05) is 11.6 Å². The van der Waals surface area contributed by atoms with E-state index in [0.717, 1.165) is 0 Å². The molecule has 1 aromatic carbocycles. The van der Waals surface area contributed by atoms with Crippen molar-refractivity contribution < 1.29 is 22.7 Å². The number of benzene rings is 1. The molecule has 0 aliphatic heterocycles. The lowest BCUT2D eigenvalue weighted by molar-refractivity contribution is 0.143. The molecule has 12 heteroatoms. The van der Waals surface area contributed by atoms with Gasteiger partial charge < -0.3 is 9.84 Å². The molecule has 34 heavy (non-hydrogen) atoms. The number of rotatable bonds is 5. The van der Waals surface area contributed by atoms with Crippen LogP contribution in [0.4, 0.5) is 10.2 Å². The fraction of sp³-hybridized carbons (Fsp3) is 0.182. The Morgan fingerprint density at radius 1 is 1.15 bits per heavy atom. The maximum Gasteiger partial charge on any atom is 0.290 e. The molecule has 10 nitrogen and oxygen atoms in total. The highest BCUT2D eigenvalue weighted by molar-refractivity contribution is 7.92. The lowest BCUT2D eigenvalue weighted by Crippen LogP contribution is -2.23. The Morgan fingerprint density at radius 2 is 1.88 bits per heavy atom. The summed E-state index contributed by atoms with van der Waals surface area (Å²) >= 11 is 0. The molecule has 0 saturated carbocycles. The van der Waals surface area contributed by atoms with Gasteiger partial charge in [-0.05, 0) is 50.1 Å². The van der Waals surface area contributed by atoms with Gasteiger partial charge in [0.1, 0.15) is 11.3 Å². The van der Waals surface area contributed by atoms with Gasteiger partial charge in [0.2, 0.25) is 11.7 Å². The van der Waals surface area contributed by atoms with Crippen molar-refractivity contribution in [1.82, 2.24) is 24.8 Å². The molecule has 4 aromatic rings. The molecule has 4 rings (SSSR count). The average Bonchev–Trinajstić information content (AvgIpc) is 3.24. The summed E-state index contributed by atoms with van der Waals surface area (Å²) in [6.45, 7) is 3.05. The number of sulfonamides is 1. The number of aromatic nitrogens is 5. The van der Waals surface area contributed by atoms with Gasteiger partial charge in [0.15, 0.2) is 5.65 Å². The van der Waals surface area contributed by atoms with E-state index in [9.17, 15) is 13.5 Å². The van der Waals surface area contributed by atoms with Crippen LogP contribution in [0.5, 0.6) is 5.88 Å². The van der Waals surface area contributed by atoms with Gasteiger partial charge in [-0.25, -0.2) is 4.98 Å². The molecule has 0 radical (unpaired) electrons. The average molecular weight is 482 g/mol. The molecule has 0 atom stereocenters. The monoisotopic (exact) mass is 482 g/mol. The molecule has 0 amide bonds. The minimum atomic E-state index is -4.52. The maximum absolute atomic E-state index is 15.3. The molecule has 3 aromatic heterocycles. The fourth-order valence-corrected chi connectivity index (χ4v) is 3.98. The number of hydrogen-bond donors (Lipinski definition) is 1. The first-order valence-corrected chi connectivity index (χ1v) is 11.3. The Balaban J connectivity index is 1.79. The van der Waals surface area contributed by atoms with Gasteiger partial charge in [-0.1, -0.05) is 33.1 Å². The third-order valence-electron chi connectivity index (χ3n) is 4.51. The van der Waals surface area contributed by atoms with Crippen molar-refractivity contribution in [2.24, 2.45) is 0 Å². The molecule has 0 bridgehead atoms. The summed E-state index contributed by atoms with van der Waals surface area (Å²) in [6, 6.07) is 11.6. The normalized spacial score (nSPS) is 11.7. The second kappa shape index (κ2) is 8.69. The Bertz CT molecular complexity index is 1520. The highest BCUT2D eigenvalue weighted by atomic mass is 32.2. The van der Waals surface area contributed by atoms with E-state index < -0.39 is 21.3 Å². The van der Waals surface area contributed by atoms with E-state index in [1.54, 1.807) is 18.2 Å². The number of halogens is 1. The zero-order valence-electron chi connectivity index (χ0n) is 18.3. The Morgan fingerprint density at radius 3 is 2.56 bits per heavy atom. The molecule has 0 fully saturated rings. The quantitative estimate of drug-likeness (QED) is 0.340. The predicted octanol–water partition coefficient (Wildman–Crippen LogP) is 2.40. The minimum absolute atomic E-state index is 0.180. The third-order valence-corrected chi connectivity index (χ3v) is 5.99. The number of fused-ring (bicyclic) bond motifs is 1. The fourth-order valence-electron chi connectivity index (χ4n) is 2.91. The van der Waals surface area contributed by atoms with Crippen LogP contribution in [0, 0.1) is 11.8 Å². The van der Waals surface area contributed by atoms with Gasteiger partial charge in [-0.2, -0.15) is 18.0 Å². The Labute approximate surface area is 194 Å². The van der Waals surface area contributed by atoms with Gasteiger partial charge in [-0.3, -0.25) is 0 Å². The van der Waals surface area contributed by atoms with E-state index >= 15 is 4.48 Å². The highest BCUT2D eigenvalue weighted by Gasteiger charge is 2.29. The smallest absolute Gasteiger partial charge is 0.290 e. The number of pyridine rings is 1. The molecule has 0 unspecified atom stereocenters. The molecule has 174 valence electrons. The number of anilines is 1. The number of aliphatic hydroxyl groups is 1. The van der Waals surface area contributed by atoms with Crippen LogP contribution in [-0.4, -0.2) is 51.0 Å². The van der Waals surface area contributed by atoms with Crippen molar-refractivity contribution in [1.29, 1.82) is 0 Å². The Kier molecular flexibility index (Phi) is 5.90. The van der Waals surface area contributed by atoms with Gasteiger partial charge >= 0.3 is 0 Å². The zero-order valence-corrected chi connectivity index (χ0v) is 19.2. The largest absolute Gasteiger partial charge is 0.479 e. The molecular formula is C22H19FN6O4S. The second-order valence-corrected chi connectivity index (χ2v) is 9.35. The summed E-state index contributed by atoms with van der Waals surface area (Å²) < 4.78 is 46.9. The molecule has 0 aliphatic carbocycles. The van der Waals surface area contributed by atoms with Gasteiger partial charge in [0.05, 0.1) is 17.7 Å². The first kappa shape index (κ1) is 23.1. The van der Waals surface area contributed by atoms with Gasteiger partial charge in [-0.15, -0.1) is 10.2 Å². The van der Waals surface area contributed by atoms with E-state index in [-0.39, 0.29) is 21.1 Å². The van der Waals surface area contributed by atoms with Crippen LogP contribution in [0.15, 0.2) is 59.6 Å². The zero-order chi connectivity index (χ0) is 24.5. The number of ether oxygens (including phenoxy) is 1. The molecule has 3 heterocycles. The van der Waals surface area contributed by atoms with Crippen LogP contribution in [0.1, 0.15) is 19.7 Å². The van der Waals surface area contributed by atoms with E-state index in [1.807, 2.05) is 0 Å². The van der Waals surface area contributed by atoms with Crippen LogP contribution in [0.2, 0.25) is 0 Å². The standard InChI is InChI=1S/C22H19FN6O4S/c1-22(2,30)12-11-20-26-25-19-10-9-17(27-28(19)20)15-13-18(21(33-3)24-14-15)29(23)34(31,32)16-7-5-4-6-8-16/h4-10,13-14,30H,1-3H3. The predicted molar refractivity (Wildman–Crippen MR) is 121 cm³/mol. The SMILES string of the molecule is COc1ncc(-c2ccc3nnc(C#CC(C)(C)O)n3n2)cc1N(F)S(=O)(=O)c1ccccc1. The van der Waals surface area contributed by atoms with Crippen LogP contribution in [0.3, 0.4) is 0 Å². The van der Waals surface area contributed by atoms with Crippen molar-refractivity contribution in [3.63, 3.8) is 0 Å². The van der Waals surface area contributed by atoms with E-state index in [2.05, 4.69) is 32.1 Å². The maximum atomic E-state index is 15.3. The lowest BCUT2D eigenvalue weighted by Gasteiger charge is -2.17. The van der Waals surface area contributed by atoms with Crippen molar-refractivity contribution >= 4 is 21.4 Å². The summed E-state index contributed by atoms with van der Waals surface area (Å²) in [4.78, 5) is 3.82. The summed E-state index contributed by atoms with van der Waals surface area (Å²) in [5.41, 5.74) is -0.646. The van der Waals surface area contributed by atoms with Crippen molar-refractivity contribution in [3.8, 4) is 29.0 Å². The summed E-state index contributed by atoms with van der Waals surface area (Å²) in [6.07, 6.45) is 1.37. The minimum Gasteiger partial charge on any atom is -0.479 e. The highest BCUT2D eigenvalue weighted by Crippen LogP contribution is 2.34. The van der Waals surface area contributed by atoms with Crippen LogP contribution < -0.4 is 9.26 Å². The molecule has 0 spiro atoms. The first-order chi connectivity index (χ1) is 16.1. The van der Waals surface area contributed by atoms with Crippen LogP contribution >= 0.6 is 0 Å². The molecule has 0 saturated heterocycles. The number of hydrogen-bond acceptors (Lipinski definition) is 8. The molecule has 0 aliphatic rings. The van der Waals surface area contributed by atoms with E-state index in [0.29, 0.717) is 16.9 Å². The Hall–Kier alpha value is -4.08. The first-order valence-electron chi connectivity index (χ1n) is 9.89. The number of nitrogens with zero attached hydrogens (tertiary/aromatic N) is 6. The summed E-state index contributed by atoms with van der Waals surface area (Å²) in [5.74, 6) is 5.30. The van der Waals surface area contributed by atoms with Crippen LogP contribution in [0.25, 0.3) is 16.9 Å². The van der Waals surface area contributed by atoms with Gasteiger partial charge in [0.25, 0.3) is 10.0 Å². The molecule has 1 N–H and O–H groups in total. The third kappa shape index (κ3) is 4.52. The van der Waals surface area contributed by atoms with Gasteiger partial charge in [0, 0.05) is 11.8 Å². The lowest BCUT2D eigenvalue weighted by atomic mass is 10.1. The van der Waals surface area contributed by atoms with Crippen molar-refractivity contribution in [3.05, 3.63) is 60.6 Å². The van der Waals surface area contributed by atoms with Crippen LogP contribution in [-0.2, 0) is 10.0 Å². The second-order valence-electron chi connectivity index (χ2n) is 7.61. The summed E-state index contributed by atoms with van der Waals surface area (Å²) in [5, 5.41) is 22.2. The van der Waals surface area contributed by atoms with Crippen molar-refractivity contribution in [2.45, 2.75) is 24.3 Å². The topological polar surface area (TPSA) is 123 Å². The van der Waals surface area contributed by atoms with E-state index in [4.69, 9.17) is 4.74 Å². The molecular weight excluding hydrogens is 463 g/mol. The van der Waals surface area contributed by atoms with E-state index in [1.165, 1.54) is 62.0 Å². The number of methoxy groups -OCH3 is 1.